The van der Waals surface area contributed by atoms with Gasteiger partial charge in [0.2, 0.25) is 0 Å². The largest absolute Gasteiger partial charge is 0.384 e. The first-order chi connectivity index (χ1) is 9.79. The van der Waals surface area contributed by atoms with Gasteiger partial charge in [0.1, 0.15) is 6.61 Å². The van der Waals surface area contributed by atoms with Crippen LogP contribution in [0.15, 0.2) is 24.3 Å². The smallest absolute Gasteiger partial charge is 0.251 e. The van der Waals surface area contributed by atoms with Crippen molar-refractivity contribution in [3.05, 3.63) is 35.4 Å². The lowest BCUT2D eigenvalue weighted by Crippen LogP contribution is -2.35. The van der Waals surface area contributed by atoms with Crippen LogP contribution in [0.2, 0.25) is 0 Å². The Hall–Kier alpha value is -1.83. The van der Waals surface area contributed by atoms with Crippen molar-refractivity contribution in [2.45, 2.75) is 25.4 Å². The first-order valence-electron chi connectivity index (χ1n) is 6.89. The minimum atomic E-state index is -0.185. The Labute approximate surface area is 119 Å². The summed E-state index contributed by atoms with van der Waals surface area (Å²) in [4.78, 5) is 12.0. The Bertz CT molecular complexity index is 510. The van der Waals surface area contributed by atoms with Gasteiger partial charge < -0.3 is 15.2 Å². The first kappa shape index (κ1) is 14.6. The Morgan fingerprint density at radius 3 is 3.10 bits per heavy atom. The lowest BCUT2D eigenvalue weighted by Gasteiger charge is -2.22. The van der Waals surface area contributed by atoms with Gasteiger partial charge in [-0.2, -0.15) is 0 Å². The van der Waals surface area contributed by atoms with Gasteiger partial charge in [0.15, 0.2) is 0 Å². The summed E-state index contributed by atoms with van der Waals surface area (Å²) in [5, 5.41) is 11.6. The van der Waals surface area contributed by atoms with Crippen LogP contribution in [-0.4, -0.2) is 36.9 Å². The van der Waals surface area contributed by atoms with Crippen LogP contribution in [0.25, 0.3) is 0 Å². The van der Waals surface area contributed by atoms with Crippen LogP contribution in [0.5, 0.6) is 0 Å². The van der Waals surface area contributed by atoms with E-state index in [1.54, 1.807) is 18.2 Å². The normalized spacial score (nSPS) is 17.9. The van der Waals surface area contributed by atoms with Crippen molar-refractivity contribution in [2.75, 3.05) is 19.8 Å². The van der Waals surface area contributed by atoms with Crippen LogP contribution in [0.4, 0.5) is 0 Å². The SMILES string of the molecule is O=C(NCC1CCCCO1)c1cccc(C#CCO)c1. The van der Waals surface area contributed by atoms with Crippen LogP contribution in [-0.2, 0) is 4.74 Å². The van der Waals surface area contributed by atoms with Gasteiger partial charge in [0.05, 0.1) is 6.10 Å². The van der Waals surface area contributed by atoms with Gasteiger partial charge in [0, 0.05) is 24.3 Å². The van der Waals surface area contributed by atoms with Gasteiger partial charge in [-0.1, -0.05) is 17.9 Å². The van der Waals surface area contributed by atoms with Crippen LogP contribution < -0.4 is 5.32 Å². The molecule has 0 bridgehead atoms. The number of hydrogen-bond acceptors (Lipinski definition) is 3. The number of aliphatic hydroxyl groups is 1. The maximum Gasteiger partial charge on any atom is 0.251 e. The van der Waals surface area contributed by atoms with Crippen molar-refractivity contribution < 1.29 is 14.6 Å². The number of rotatable bonds is 3. The zero-order chi connectivity index (χ0) is 14.2. The molecule has 4 heteroatoms. The summed E-state index contributed by atoms with van der Waals surface area (Å²) in [6.45, 7) is 1.15. The third kappa shape index (κ3) is 4.37. The number of hydrogen-bond donors (Lipinski definition) is 2. The number of nitrogens with one attached hydrogen (secondary N) is 1. The first-order valence-corrected chi connectivity index (χ1v) is 6.89. The van der Waals surface area contributed by atoms with E-state index in [1.165, 1.54) is 0 Å². The lowest BCUT2D eigenvalue weighted by atomic mass is 10.1. The summed E-state index contributed by atoms with van der Waals surface area (Å²) >= 11 is 0. The molecule has 106 valence electrons. The molecule has 0 aliphatic carbocycles. The standard InChI is InChI=1S/C16H19NO3/c18-9-4-6-13-5-3-7-14(11-13)16(19)17-12-15-8-1-2-10-20-15/h3,5,7,11,15,18H,1-2,8-10,12H2,(H,17,19). The fourth-order valence-corrected chi connectivity index (χ4v) is 2.16. The van der Waals surface area contributed by atoms with Crippen molar-refractivity contribution in [1.82, 2.24) is 5.32 Å². The van der Waals surface area contributed by atoms with E-state index in [4.69, 9.17) is 9.84 Å². The van der Waals surface area contributed by atoms with Crippen molar-refractivity contribution >= 4 is 5.91 Å². The number of carbonyl (C=O) groups is 1. The summed E-state index contributed by atoms with van der Waals surface area (Å²) in [7, 11) is 0. The molecule has 0 aromatic heterocycles. The molecular weight excluding hydrogens is 254 g/mol. The molecule has 1 aromatic carbocycles. The van der Waals surface area contributed by atoms with Crippen molar-refractivity contribution in [3.8, 4) is 11.8 Å². The van der Waals surface area contributed by atoms with E-state index in [9.17, 15) is 4.79 Å². The predicted molar refractivity (Wildman–Crippen MR) is 76.3 cm³/mol. The highest BCUT2D eigenvalue weighted by Crippen LogP contribution is 2.12. The second kappa shape index (κ2) is 7.68. The second-order valence-electron chi connectivity index (χ2n) is 4.74. The highest BCUT2D eigenvalue weighted by Gasteiger charge is 2.15. The van der Waals surface area contributed by atoms with Gasteiger partial charge in [-0.05, 0) is 37.5 Å². The summed E-state index contributed by atoms with van der Waals surface area (Å²) in [6.07, 6.45) is 3.40. The molecule has 1 amide bonds. The Morgan fingerprint density at radius 1 is 1.45 bits per heavy atom. The van der Waals surface area contributed by atoms with E-state index in [0.717, 1.165) is 31.4 Å². The number of benzene rings is 1. The number of carbonyl (C=O) groups excluding carboxylic acids is 1. The number of amides is 1. The fraction of sp³-hybridized carbons (Fsp3) is 0.438. The molecule has 0 saturated carbocycles. The quantitative estimate of drug-likeness (QED) is 0.817. The minimum absolute atomic E-state index is 0.119. The van der Waals surface area contributed by atoms with E-state index in [1.807, 2.05) is 6.07 Å². The zero-order valence-electron chi connectivity index (χ0n) is 11.4. The highest BCUT2D eigenvalue weighted by atomic mass is 16.5. The van der Waals surface area contributed by atoms with Crippen molar-refractivity contribution in [3.63, 3.8) is 0 Å². The summed E-state index contributed by atoms with van der Waals surface area (Å²) < 4.78 is 5.58. The molecule has 1 aromatic rings. The van der Waals surface area contributed by atoms with E-state index in [-0.39, 0.29) is 18.6 Å². The van der Waals surface area contributed by atoms with Crippen LogP contribution >= 0.6 is 0 Å². The molecule has 1 aliphatic rings. The van der Waals surface area contributed by atoms with E-state index >= 15 is 0 Å². The van der Waals surface area contributed by atoms with Gasteiger partial charge >= 0.3 is 0 Å². The molecule has 2 rings (SSSR count). The van der Waals surface area contributed by atoms with Gasteiger partial charge in [-0.25, -0.2) is 0 Å². The fourth-order valence-electron chi connectivity index (χ4n) is 2.16. The Kier molecular flexibility index (Phi) is 5.60. The van der Waals surface area contributed by atoms with Gasteiger partial charge in [0.25, 0.3) is 5.91 Å². The third-order valence-electron chi connectivity index (χ3n) is 3.20. The zero-order valence-corrected chi connectivity index (χ0v) is 11.4. The van der Waals surface area contributed by atoms with Crippen molar-refractivity contribution in [2.24, 2.45) is 0 Å². The molecule has 0 spiro atoms. The monoisotopic (exact) mass is 273 g/mol. The molecule has 4 nitrogen and oxygen atoms in total. The van der Waals surface area contributed by atoms with E-state index in [2.05, 4.69) is 17.2 Å². The van der Waals surface area contributed by atoms with Gasteiger partial charge in [-0.3, -0.25) is 4.79 Å². The van der Waals surface area contributed by atoms with Crippen LogP contribution in [0.1, 0.15) is 35.2 Å². The average molecular weight is 273 g/mol. The molecular formula is C16H19NO3. The summed E-state index contributed by atoms with van der Waals surface area (Å²) in [5.74, 6) is 5.24. The Morgan fingerprint density at radius 2 is 2.35 bits per heavy atom. The minimum Gasteiger partial charge on any atom is -0.384 e. The molecule has 1 atom stereocenters. The summed E-state index contributed by atoms with van der Waals surface area (Å²) in [6, 6.07) is 7.07. The second-order valence-corrected chi connectivity index (χ2v) is 4.74. The molecule has 20 heavy (non-hydrogen) atoms. The van der Waals surface area contributed by atoms with Crippen LogP contribution in [0, 0.1) is 11.8 Å². The number of ether oxygens (including phenoxy) is 1. The topological polar surface area (TPSA) is 58.6 Å². The molecule has 1 unspecified atom stereocenters. The lowest BCUT2D eigenvalue weighted by molar-refractivity contribution is 0.0169. The predicted octanol–water partition coefficient (Wildman–Crippen LogP) is 1.33. The van der Waals surface area contributed by atoms with Crippen LogP contribution in [0.3, 0.4) is 0 Å². The molecule has 1 heterocycles. The summed E-state index contributed by atoms with van der Waals surface area (Å²) in [5.41, 5.74) is 1.30. The molecule has 1 saturated heterocycles. The van der Waals surface area contributed by atoms with Gasteiger partial charge in [-0.15, -0.1) is 0 Å². The highest BCUT2D eigenvalue weighted by molar-refractivity contribution is 5.94. The maximum absolute atomic E-state index is 12.0. The van der Waals surface area contributed by atoms with E-state index in [0.29, 0.717) is 12.1 Å². The Balaban J connectivity index is 1.91. The average Bonchev–Trinajstić information content (AvgIpc) is 2.52. The molecule has 2 N–H and O–H groups in total. The molecule has 0 radical (unpaired) electrons. The maximum atomic E-state index is 12.0. The molecule has 1 aliphatic heterocycles. The van der Waals surface area contributed by atoms with E-state index < -0.39 is 0 Å². The molecule has 1 fully saturated rings. The third-order valence-corrected chi connectivity index (χ3v) is 3.20. The van der Waals surface area contributed by atoms with Crippen molar-refractivity contribution in [1.29, 1.82) is 0 Å². The number of aliphatic hydroxyl groups excluding tert-OH is 1.